The lowest BCUT2D eigenvalue weighted by Crippen LogP contribution is -2.02. The van der Waals surface area contributed by atoms with Gasteiger partial charge >= 0.3 is 5.91 Å². The van der Waals surface area contributed by atoms with E-state index in [9.17, 15) is 9.70 Å². The summed E-state index contributed by atoms with van der Waals surface area (Å²) in [5.74, 6) is -0.771. The number of carbonyl (C=O) groups excluding carboxylic acids is 1. The van der Waals surface area contributed by atoms with E-state index in [-0.39, 0.29) is 0 Å². The molecule has 110 valence electrons. The second-order valence-corrected chi connectivity index (χ2v) is 3.39. The topological polar surface area (TPSA) is 64.3 Å². The molecule has 0 aliphatic heterocycles. The number of carbonyl (C=O) groups is 1. The minimum absolute atomic E-state index is 0.294. The van der Waals surface area contributed by atoms with Crippen LogP contribution in [0.5, 0.6) is 0 Å². The molecule has 0 spiro atoms. The van der Waals surface area contributed by atoms with Crippen LogP contribution >= 0.6 is 0 Å². The van der Waals surface area contributed by atoms with Crippen LogP contribution in [0, 0.1) is 11.8 Å². The third-order valence-corrected chi connectivity index (χ3v) is 2.14. The first kappa shape index (κ1) is 20.0. The molecule has 0 bridgehead atoms. The molecule has 1 aromatic heterocycles. The third-order valence-electron chi connectivity index (χ3n) is 2.14. The second kappa shape index (κ2) is 11.8. The standard InChI is InChI=1S/C9H11N3O2.C4H6.C2H6/c1-4-5-7-8(9(13)11-14)6(2)10-12(7)3;1-3-4-2;1-2/h4H,1,5H2,2-3H3;3-4H,1-2H2;1-2H3. The molecular weight excluding hydrogens is 254 g/mol. The maximum Gasteiger partial charge on any atom is 0.320 e. The first-order valence-corrected chi connectivity index (χ1v) is 6.27. The van der Waals surface area contributed by atoms with E-state index in [4.69, 9.17) is 0 Å². The van der Waals surface area contributed by atoms with Crippen molar-refractivity contribution >= 4 is 5.91 Å². The van der Waals surface area contributed by atoms with Gasteiger partial charge in [-0.1, -0.05) is 45.2 Å². The van der Waals surface area contributed by atoms with Crippen LogP contribution in [-0.2, 0) is 13.5 Å². The zero-order valence-corrected chi connectivity index (χ0v) is 12.7. The van der Waals surface area contributed by atoms with E-state index in [1.807, 2.05) is 13.8 Å². The van der Waals surface area contributed by atoms with Crippen molar-refractivity contribution < 1.29 is 4.79 Å². The highest BCUT2D eigenvalue weighted by Gasteiger charge is 2.19. The molecule has 0 aromatic carbocycles. The Hall–Kier alpha value is -2.30. The second-order valence-electron chi connectivity index (χ2n) is 3.39. The fraction of sp³-hybridized carbons (Fsp3) is 0.333. The van der Waals surface area contributed by atoms with Crippen LogP contribution in [0.1, 0.15) is 35.6 Å². The summed E-state index contributed by atoms with van der Waals surface area (Å²) < 4.78 is 1.56. The number of amides is 1. The van der Waals surface area contributed by atoms with E-state index in [1.165, 1.54) is 0 Å². The molecular formula is C15H23N3O2. The van der Waals surface area contributed by atoms with Crippen molar-refractivity contribution in [3.05, 3.63) is 59.8 Å². The van der Waals surface area contributed by atoms with Crippen LogP contribution < -0.4 is 0 Å². The summed E-state index contributed by atoms with van der Waals surface area (Å²) in [7, 11) is 1.72. The average Bonchev–Trinajstić information content (AvgIpc) is 2.75. The minimum Gasteiger partial charge on any atom is -0.271 e. The quantitative estimate of drug-likeness (QED) is 0.478. The Morgan fingerprint density at radius 1 is 1.30 bits per heavy atom. The van der Waals surface area contributed by atoms with Gasteiger partial charge in [0.05, 0.1) is 17.0 Å². The first-order valence-electron chi connectivity index (χ1n) is 6.27. The fourth-order valence-electron chi connectivity index (χ4n) is 1.40. The summed E-state index contributed by atoms with van der Waals surface area (Å²) in [4.78, 5) is 21.3. The fourth-order valence-corrected chi connectivity index (χ4v) is 1.40. The van der Waals surface area contributed by atoms with Crippen molar-refractivity contribution in [2.45, 2.75) is 27.2 Å². The Morgan fingerprint density at radius 2 is 1.80 bits per heavy atom. The molecule has 0 saturated carbocycles. The number of rotatable bonds is 4. The summed E-state index contributed by atoms with van der Waals surface area (Å²) in [6.07, 6.45) is 5.42. The molecule has 1 heterocycles. The third kappa shape index (κ3) is 6.04. The Morgan fingerprint density at radius 3 is 2.15 bits per heavy atom. The molecule has 1 aromatic rings. The van der Waals surface area contributed by atoms with Gasteiger partial charge < -0.3 is 0 Å². The smallest absolute Gasteiger partial charge is 0.271 e. The highest BCUT2D eigenvalue weighted by atomic mass is 16.3. The van der Waals surface area contributed by atoms with Crippen LogP contribution in [0.25, 0.3) is 0 Å². The van der Waals surface area contributed by atoms with Crippen molar-refractivity contribution in [3.63, 3.8) is 0 Å². The monoisotopic (exact) mass is 277 g/mol. The van der Waals surface area contributed by atoms with E-state index in [1.54, 1.807) is 36.9 Å². The van der Waals surface area contributed by atoms with Gasteiger partial charge in [0.15, 0.2) is 0 Å². The van der Waals surface area contributed by atoms with Gasteiger partial charge in [-0.05, 0) is 6.92 Å². The molecule has 0 atom stereocenters. The largest absolute Gasteiger partial charge is 0.320 e. The van der Waals surface area contributed by atoms with Crippen molar-refractivity contribution in [1.82, 2.24) is 9.78 Å². The summed E-state index contributed by atoms with van der Waals surface area (Å²) in [6, 6.07) is 0. The number of nitroso groups, excluding NO2 is 1. The van der Waals surface area contributed by atoms with Gasteiger partial charge in [-0.15, -0.1) is 11.5 Å². The van der Waals surface area contributed by atoms with Crippen LogP contribution in [0.3, 0.4) is 0 Å². The summed E-state index contributed by atoms with van der Waals surface area (Å²) in [5, 5.41) is 6.45. The van der Waals surface area contributed by atoms with Gasteiger partial charge in [0.25, 0.3) is 0 Å². The SMILES string of the molecule is C=CC=C.C=CCc1c(C(=O)N=O)c(C)nn1C.CC. The number of nitrogens with zero attached hydrogens (tertiary/aromatic N) is 3. The van der Waals surface area contributed by atoms with E-state index in [0.717, 1.165) is 0 Å². The lowest BCUT2D eigenvalue weighted by Gasteiger charge is -1.98. The van der Waals surface area contributed by atoms with Gasteiger partial charge in [-0.2, -0.15) is 5.10 Å². The van der Waals surface area contributed by atoms with Crippen molar-refractivity contribution in [2.24, 2.45) is 12.2 Å². The molecule has 0 saturated heterocycles. The molecule has 0 aliphatic carbocycles. The molecule has 0 unspecified atom stereocenters. The number of aryl methyl sites for hydroxylation is 2. The predicted octanol–water partition coefficient (Wildman–Crippen LogP) is 3.75. The Bertz CT molecular complexity index is 468. The highest BCUT2D eigenvalue weighted by Crippen LogP contribution is 2.15. The zero-order chi connectivity index (χ0) is 16.1. The lowest BCUT2D eigenvalue weighted by atomic mass is 10.1. The molecule has 0 radical (unpaired) electrons. The van der Waals surface area contributed by atoms with Crippen molar-refractivity contribution in [2.75, 3.05) is 0 Å². The van der Waals surface area contributed by atoms with E-state index >= 15 is 0 Å². The van der Waals surface area contributed by atoms with Crippen molar-refractivity contribution in [1.29, 1.82) is 0 Å². The molecule has 5 nitrogen and oxygen atoms in total. The van der Waals surface area contributed by atoms with Crippen LogP contribution in [-0.4, -0.2) is 15.7 Å². The zero-order valence-electron chi connectivity index (χ0n) is 12.7. The lowest BCUT2D eigenvalue weighted by molar-refractivity contribution is 0.0999. The number of hydrogen-bond acceptors (Lipinski definition) is 3. The maximum absolute atomic E-state index is 11.2. The molecule has 1 rings (SSSR count). The molecule has 5 heteroatoms. The molecule has 0 N–H and O–H groups in total. The number of hydrogen-bond donors (Lipinski definition) is 0. The normalized spacial score (nSPS) is 8.20. The number of aromatic nitrogens is 2. The molecule has 0 aliphatic rings. The summed E-state index contributed by atoms with van der Waals surface area (Å²) >= 11 is 0. The van der Waals surface area contributed by atoms with E-state index < -0.39 is 5.91 Å². The van der Waals surface area contributed by atoms with Crippen LogP contribution in [0.4, 0.5) is 0 Å². The minimum atomic E-state index is -0.771. The Labute approximate surface area is 120 Å². The van der Waals surface area contributed by atoms with Gasteiger partial charge in [-0.25, -0.2) is 0 Å². The molecule has 1 amide bonds. The number of allylic oxidation sites excluding steroid dienone is 3. The highest BCUT2D eigenvalue weighted by molar-refractivity contribution is 5.97. The average molecular weight is 277 g/mol. The summed E-state index contributed by atoms with van der Waals surface area (Å²) in [5.41, 5.74) is 1.48. The van der Waals surface area contributed by atoms with Gasteiger partial charge in [0, 0.05) is 18.6 Å². The van der Waals surface area contributed by atoms with Crippen LogP contribution in [0.2, 0.25) is 0 Å². The first-order chi connectivity index (χ1) is 9.53. The summed E-state index contributed by atoms with van der Waals surface area (Å²) in [6.45, 7) is 16.0. The van der Waals surface area contributed by atoms with E-state index in [2.05, 4.69) is 30.0 Å². The Kier molecular flexibility index (Phi) is 11.8. The van der Waals surface area contributed by atoms with Gasteiger partial charge in [-0.3, -0.25) is 9.48 Å². The molecule has 0 fully saturated rings. The van der Waals surface area contributed by atoms with Gasteiger partial charge in [0.1, 0.15) is 0 Å². The molecule has 20 heavy (non-hydrogen) atoms. The van der Waals surface area contributed by atoms with Gasteiger partial charge in [0.2, 0.25) is 0 Å². The Balaban J connectivity index is 0. The maximum atomic E-state index is 11.2. The van der Waals surface area contributed by atoms with Crippen molar-refractivity contribution in [3.8, 4) is 0 Å². The van der Waals surface area contributed by atoms with E-state index in [0.29, 0.717) is 23.4 Å². The van der Waals surface area contributed by atoms with Crippen LogP contribution in [0.15, 0.2) is 43.1 Å². The predicted molar refractivity (Wildman–Crippen MR) is 83.7 cm³/mol.